The molecule has 4 heteroatoms. The summed E-state index contributed by atoms with van der Waals surface area (Å²) < 4.78 is 6.35. The summed E-state index contributed by atoms with van der Waals surface area (Å²) in [5.41, 5.74) is 6.12. The van der Waals surface area contributed by atoms with Crippen molar-refractivity contribution in [3.05, 3.63) is 143 Å². The van der Waals surface area contributed by atoms with Crippen LogP contribution in [-0.2, 0) is 6.61 Å². The Balaban J connectivity index is 1.31. The first-order valence-electron chi connectivity index (χ1n) is 13.4. The van der Waals surface area contributed by atoms with Gasteiger partial charge in [0, 0.05) is 11.5 Å². The molecule has 4 aromatic carbocycles. The standard InChI is InChI=1S/C34H32N2O2/c1-23(25-14-6-3-7-15-25)35-34(37)30-20-11-19-28-26-17-10-18-27(26)32(36-33(28)30)29-16-8-9-21-31(29)38-22-24-12-4-2-5-13-24/h2-17,19-21,23,26-27,32,36H,18,22H2,1H3,(H,35,37). The van der Waals surface area contributed by atoms with Crippen molar-refractivity contribution in [2.75, 3.05) is 5.32 Å². The van der Waals surface area contributed by atoms with Gasteiger partial charge in [0.25, 0.3) is 5.91 Å². The molecule has 1 amide bonds. The second-order valence-electron chi connectivity index (χ2n) is 10.2. The molecule has 4 aromatic rings. The van der Waals surface area contributed by atoms with Crippen LogP contribution in [0.5, 0.6) is 5.75 Å². The van der Waals surface area contributed by atoms with E-state index in [-0.39, 0.29) is 23.9 Å². The van der Waals surface area contributed by atoms with E-state index in [1.54, 1.807) is 0 Å². The van der Waals surface area contributed by atoms with Crippen LogP contribution in [0.25, 0.3) is 0 Å². The molecule has 0 bridgehead atoms. The number of carbonyl (C=O) groups excluding carboxylic acids is 1. The molecular weight excluding hydrogens is 468 g/mol. The summed E-state index contributed by atoms with van der Waals surface area (Å²) in [4.78, 5) is 13.6. The number of amides is 1. The third kappa shape index (κ3) is 4.70. The van der Waals surface area contributed by atoms with Gasteiger partial charge in [-0.1, -0.05) is 103 Å². The fourth-order valence-corrected chi connectivity index (χ4v) is 5.82. The highest BCUT2D eigenvalue weighted by Gasteiger charge is 2.40. The Morgan fingerprint density at radius 2 is 1.61 bits per heavy atom. The average molecular weight is 501 g/mol. The molecule has 1 aliphatic carbocycles. The zero-order valence-corrected chi connectivity index (χ0v) is 21.5. The zero-order valence-electron chi connectivity index (χ0n) is 21.5. The van der Waals surface area contributed by atoms with Gasteiger partial charge in [0.1, 0.15) is 12.4 Å². The lowest BCUT2D eigenvalue weighted by Gasteiger charge is -2.39. The second kappa shape index (κ2) is 10.6. The van der Waals surface area contributed by atoms with Gasteiger partial charge in [-0.2, -0.15) is 0 Å². The number of allylic oxidation sites excluding steroid dienone is 2. The van der Waals surface area contributed by atoms with Gasteiger partial charge in [0.2, 0.25) is 0 Å². The molecule has 0 aromatic heterocycles. The van der Waals surface area contributed by atoms with E-state index in [0.717, 1.165) is 34.5 Å². The molecule has 4 unspecified atom stereocenters. The molecule has 0 radical (unpaired) electrons. The monoisotopic (exact) mass is 500 g/mol. The third-order valence-corrected chi connectivity index (χ3v) is 7.78. The van der Waals surface area contributed by atoms with Crippen molar-refractivity contribution < 1.29 is 9.53 Å². The van der Waals surface area contributed by atoms with E-state index in [1.807, 2.05) is 79.7 Å². The maximum absolute atomic E-state index is 13.6. The minimum absolute atomic E-state index is 0.0231. The molecule has 190 valence electrons. The lowest BCUT2D eigenvalue weighted by atomic mass is 9.76. The first kappa shape index (κ1) is 24.1. The second-order valence-corrected chi connectivity index (χ2v) is 10.2. The van der Waals surface area contributed by atoms with Gasteiger partial charge in [0.15, 0.2) is 0 Å². The quantitative estimate of drug-likeness (QED) is 0.257. The zero-order chi connectivity index (χ0) is 25.9. The molecule has 0 saturated carbocycles. The first-order chi connectivity index (χ1) is 18.7. The van der Waals surface area contributed by atoms with E-state index in [2.05, 4.69) is 53.1 Å². The van der Waals surface area contributed by atoms with Crippen LogP contribution < -0.4 is 15.4 Å². The van der Waals surface area contributed by atoms with Crippen LogP contribution in [0.1, 0.15) is 64.0 Å². The lowest BCUT2D eigenvalue weighted by Crippen LogP contribution is -2.33. The Kier molecular flexibility index (Phi) is 6.70. The number of rotatable bonds is 7. The van der Waals surface area contributed by atoms with Crippen LogP contribution in [0.4, 0.5) is 5.69 Å². The molecule has 4 atom stereocenters. The molecule has 0 saturated heterocycles. The van der Waals surface area contributed by atoms with Crippen molar-refractivity contribution >= 4 is 11.6 Å². The van der Waals surface area contributed by atoms with Crippen LogP contribution in [0, 0.1) is 5.92 Å². The van der Waals surface area contributed by atoms with Crippen LogP contribution in [0.2, 0.25) is 0 Å². The van der Waals surface area contributed by atoms with Crippen molar-refractivity contribution in [1.29, 1.82) is 0 Å². The maximum atomic E-state index is 13.6. The highest BCUT2D eigenvalue weighted by molar-refractivity contribution is 6.01. The number of fused-ring (bicyclic) bond motifs is 3. The first-order valence-corrected chi connectivity index (χ1v) is 13.4. The Labute approximate surface area is 224 Å². The molecular formula is C34H32N2O2. The number of anilines is 1. The van der Waals surface area contributed by atoms with Crippen molar-refractivity contribution in [1.82, 2.24) is 5.32 Å². The molecule has 2 aliphatic rings. The number of nitrogens with one attached hydrogen (secondary N) is 2. The smallest absolute Gasteiger partial charge is 0.253 e. The molecule has 0 spiro atoms. The summed E-state index contributed by atoms with van der Waals surface area (Å²) >= 11 is 0. The SMILES string of the molecule is CC(NC(=O)c1cccc2c1NC(c1ccccc1OCc1ccccc1)C1CC=CC21)c1ccccc1. The number of ether oxygens (including phenoxy) is 1. The van der Waals surface area contributed by atoms with Crippen molar-refractivity contribution in [2.24, 2.45) is 5.92 Å². The predicted molar refractivity (Wildman–Crippen MR) is 152 cm³/mol. The summed E-state index contributed by atoms with van der Waals surface area (Å²) in [5.74, 6) is 1.41. The van der Waals surface area contributed by atoms with E-state index in [9.17, 15) is 4.79 Å². The van der Waals surface area contributed by atoms with Gasteiger partial charge >= 0.3 is 0 Å². The van der Waals surface area contributed by atoms with E-state index >= 15 is 0 Å². The van der Waals surface area contributed by atoms with Crippen LogP contribution in [0.15, 0.2) is 115 Å². The van der Waals surface area contributed by atoms with Crippen LogP contribution in [-0.4, -0.2) is 5.91 Å². The molecule has 4 nitrogen and oxygen atoms in total. The Morgan fingerprint density at radius 1 is 0.895 bits per heavy atom. The minimum atomic E-state index is -0.0924. The van der Waals surface area contributed by atoms with E-state index < -0.39 is 0 Å². The Morgan fingerprint density at radius 3 is 2.42 bits per heavy atom. The Bertz CT molecular complexity index is 1450. The minimum Gasteiger partial charge on any atom is -0.489 e. The summed E-state index contributed by atoms with van der Waals surface area (Å²) in [6, 6.07) is 34.6. The number of hydrogen-bond donors (Lipinski definition) is 2. The van der Waals surface area contributed by atoms with Gasteiger partial charge in [-0.05, 0) is 48.1 Å². The van der Waals surface area contributed by atoms with Gasteiger partial charge in [0.05, 0.1) is 23.3 Å². The van der Waals surface area contributed by atoms with Gasteiger partial charge in [-0.25, -0.2) is 0 Å². The summed E-state index contributed by atoms with van der Waals surface area (Å²) in [5, 5.41) is 7.01. The Hall–Kier alpha value is -4.31. The molecule has 6 rings (SSSR count). The highest BCUT2D eigenvalue weighted by Crippen LogP contribution is 2.52. The highest BCUT2D eigenvalue weighted by atomic mass is 16.5. The largest absolute Gasteiger partial charge is 0.489 e. The average Bonchev–Trinajstić information content (AvgIpc) is 3.47. The normalized spacial score (nSPS) is 20.1. The number of hydrogen-bond acceptors (Lipinski definition) is 3. The number of benzene rings is 4. The fourth-order valence-electron chi connectivity index (χ4n) is 5.82. The number of para-hydroxylation sites is 2. The molecule has 1 aliphatic heterocycles. The molecule has 0 fully saturated rings. The lowest BCUT2D eigenvalue weighted by molar-refractivity contribution is 0.0940. The molecule has 38 heavy (non-hydrogen) atoms. The topological polar surface area (TPSA) is 50.4 Å². The third-order valence-electron chi connectivity index (χ3n) is 7.78. The van der Waals surface area contributed by atoms with Gasteiger partial charge < -0.3 is 15.4 Å². The summed E-state index contributed by atoms with van der Waals surface area (Å²) in [6.45, 7) is 2.54. The summed E-state index contributed by atoms with van der Waals surface area (Å²) in [6.07, 6.45) is 5.56. The maximum Gasteiger partial charge on any atom is 0.253 e. The van der Waals surface area contributed by atoms with Crippen molar-refractivity contribution in [2.45, 2.75) is 38.0 Å². The molecule has 2 N–H and O–H groups in total. The van der Waals surface area contributed by atoms with Gasteiger partial charge in [-0.15, -0.1) is 0 Å². The van der Waals surface area contributed by atoms with Crippen LogP contribution in [0.3, 0.4) is 0 Å². The van der Waals surface area contributed by atoms with Crippen molar-refractivity contribution in [3.63, 3.8) is 0 Å². The van der Waals surface area contributed by atoms with E-state index in [1.165, 1.54) is 5.56 Å². The van der Waals surface area contributed by atoms with Crippen LogP contribution >= 0.6 is 0 Å². The van der Waals surface area contributed by atoms with Crippen molar-refractivity contribution in [3.8, 4) is 5.75 Å². The van der Waals surface area contributed by atoms with E-state index in [0.29, 0.717) is 18.1 Å². The fraction of sp³-hybridized carbons (Fsp3) is 0.206. The summed E-state index contributed by atoms with van der Waals surface area (Å²) in [7, 11) is 0. The van der Waals surface area contributed by atoms with Gasteiger partial charge in [-0.3, -0.25) is 4.79 Å². The number of carbonyl (C=O) groups is 1. The molecule has 1 heterocycles. The van der Waals surface area contributed by atoms with E-state index in [4.69, 9.17) is 4.74 Å². The predicted octanol–water partition coefficient (Wildman–Crippen LogP) is 7.58.